The fourth-order valence-corrected chi connectivity index (χ4v) is 3.92. The summed E-state index contributed by atoms with van der Waals surface area (Å²) in [6.45, 7) is 3.54. The maximum absolute atomic E-state index is 12.6. The Balaban J connectivity index is 1.23. The summed E-state index contributed by atoms with van der Waals surface area (Å²) in [5.74, 6) is -0.446. The summed E-state index contributed by atoms with van der Waals surface area (Å²) in [6.07, 6.45) is 2.09. The summed E-state index contributed by atoms with van der Waals surface area (Å²) in [6, 6.07) is 13.9. The van der Waals surface area contributed by atoms with Gasteiger partial charge in [-0.05, 0) is 55.3 Å². The van der Waals surface area contributed by atoms with E-state index in [4.69, 9.17) is 9.47 Å². The molecule has 4 rings (SSSR count). The molecular formula is C25H30N4O5. The average molecular weight is 467 g/mol. The second-order valence-corrected chi connectivity index (χ2v) is 8.31. The van der Waals surface area contributed by atoms with Crippen LogP contribution in [0.3, 0.4) is 0 Å². The number of carbonyl (C=O) groups excluding carboxylic acids is 3. The third-order valence-corrected chi connectivity index (χ3v) is 5.81. The molecular weight excluding hydrogens is 436 g/mol. The van der Waals surface area contributed by atoms with E-state index in [1.165, 1.54) is 0 Å². The number of ether oxygens (including phenoxy) is 2. The third kappa shape index (κ3) is 6.55. The lowest BCUT2D eigenvalue weighted by molar-refractivity contribution is -0.114. The van der Waals surface area contributed by atoms with E-state index in [1.807, 2.05) is 6.07 Å². The van der Waals surface area contributed by atoms with Crippen molar-refractivity contribution >= 4 is 29.1 Å². The van der Waals surface area contributed by atoms with Crippen LogP contribution in [0, 0.1) is 0 Å². The Bertz CT molecular complexity index is 999. The molecule has 2 aromatic carbocycles. The van der Waals surface area contributed by atoms with Crippen LogP contribution in [0.1, 0.15) is 33.6 Å². The quantitative estimate of drug-likeness (QED) is 0.550. The van der Waals surface area contributed by atoms with Gasteiger partial charge in [0.25, 0.3) is 11.8 Å². The van der Waals surface area contributed by atoms with Crippen LogP contribution >= 0.6 is 0 Å². The van der Waals surface area contributed by atoms with Crippen molar-refractivity contribution in [3.05, 3.63) is 59.7 Å². The van der Waals surface area contributed by atoms with E-state index in [9.17, 15) is 14.4 Å². The minimum Gasteiger partial charge on any atom is -0.378 e. The van der Waals surface area contributed by atoms with Crippen molar-refractivity contribution in [3.63, 3.8) is 0 Å². The molecule has 34 heavy (non-hydrogen) atoms. The van der Waals surface area contributed by atoms with Crippen molar-refractivity contribution in [2.24, 2.45) is 0 Å². The van der Waals surface area contributed by atoms with Gasteiger partial charge in [-0.15, -0.1) is 0 Å². The number of anilines is 2. The van der Waals surface area contributed by atoms with Crippen molar-refractivity contribution in [2.45, 2.75) is 18.9 Å². The monoisotopic (exact) mass is 466 g/mol. The summed E-state index contributed by atoms with van der Waals surface area (Å²) < 4.78 is 10.8. The Kier molecular flexibility index (Phi) is 8.11. The molecule has 1 unspecified atom stereocenters. The highest BCUT2D eigenvalue weighted by Crippen LogP contribution is 2.15. The molecule has 2 aliphatic rings. The van der Waals surface area contributed by atoms with Gasteiger partial charge in [0.1, 0.15) is 0 Å². The number of hydrogen-bond donors (Lipinski definition) is 3. The molecule has 3 amide bonds. The van der Waals surface area contributed by atoms with Gasteiger partial charge < -0.3 is 30.3 Å². The summed E-state index contributed by atoms with van der Waals surface area (Å²) >= 11 is 0. The maximum atomic E-state index is 12.6. The molecule has 3 N–H and O–H groups in total. The molecule has 2 fully saturated rings. The lowest BCUT2D eigenvalue weighted by Gasteiger charge is -2.27. The molecule has 0 aromatic heterocycles. The normalized spacial score (nSPS) is 17.8. The van der Waals surface area contributed by atoms with Gasteiger partial charge in [-0.25, -0.2) is 0 Å². The third-order valence-electron chi connectivity index (χ3n) is 5.81. The summed E-state index contributed by atoms with van der Waals surface area (Å²) in [7, 11) is 0. The second kappa shape index (κ2) is 11.6. The van der Waals surface area contributed by atoms with Crippen LogP contribution in [-0.4, -0.2) is 74.7 Å². The number of amides is 3. The first-order valence-corrected chi connectivity index (χ1v) is 11.6. The molecule has 0 bridgehead atoms. The zero-order valence-corrected chi connectivity index (χ0v) is 19.0. The lowest BCUT2D eigenvalue weighted by atomic mass is 10.1. The average Bonchev–Trinajstić information content (AvgIpc) is 3.40. The highest BCUT2D eigenvalue weighted by atomic mass is 16.5. The van der Waals surface area contributed by atoms with Gasteiger partial charge in [-0.3, -0.25) is 14.4 Å². The van der Waals surface area contributed by atoms with Gasteiger partial charge in [-0.2, -0.15) is 0 Å². The number of morpholine rings is 1. The Morgan fingerprint density at radius 1 is 0.941 bits per heavy atom. The second-order valence-electron chi connectivity index (χ2n) is 8.31. The molecule has 9 nitrogen and oxygen atoms in total. The van der Waals surface area contributed by atoms with E-state index >= 15 is 0 Å². The first kappa shape index (κ1) is 23.7. The molecule has 180 valence electrons. The van der Waals surface area contributed by atoms with Gasteiger partial charge in [0.15, 0.2) is 0 Å². The fraction of sp³-hybridized carbons (Fsp3) is 0.400. The van der Waals surface area contributed by atoms with E-state index in [-0.39, 0.29) is 30.4 Å². The van der Waals surface area contributed by atoms with E-state index < -0.39 is 0 Å². The number of hydrogen-bond acceptors (Lipinski definition) is 6. The Hall–Kier alpha value is -3.43. The maximum Gasteiger partial charge on any atom is 0.254 e. The van der Waals surface area contributed by atoms with Gasteiger partial charge in [0, 0.05) is 48.7 Å². The largest absolute Gasteiger partial charge is 0.378 e. The minimum atomic E-state index is -0.236. The Morgan fingerprint density at radius 2 is 1.74 bits per heavy atom. The van der Waals surface area contributed by atoms with E-state index in [2.05, 4.69) is 16.0 Å². The smallest absolute Gasteiger partial charge is 0.254 e. The molecule has 1 atom stereocenters. The first-order valence-electron chi connectivity index (χ1n) is 11.6. The van der Waals surface area contributed by atoms with Gasteiger partial charge >= 0.3 is 0 Å². The molecule has 9 heteroatoms. The Labute approximate surface area is 198 Å². The van der Waals surface area contributed by atoms with E-state index in [0.29, 0.717) is 55.3 Å². The van der Waals surface area contributed by atoms with Gasteiger partial charge in [-0.1, -0.05) is 6.07 Å². The molecule has 0 saturated carbocycles. The van der Waals surface area contributed by atoms with Crippen LogP contribution in [0.4, 0.5) is 11.4 Å². The zero-order valence-electron chi connectivity index (χ0n) is 19.0. The molecule has 2 saturated heterocycles. The topological polar surface area (TPSA) is 109 Å². The molecule has 0 aliphatic carbocycles. The van der Waals surface area contributed by atoms with Crippen LogP contribution in [-0.2, 0) is 14.3 Å². The van der Waals surface area contributed by atoms with Crippen molar-refractivity contribution in [2.75, 3.05) is 56.6 Å². The summed E-state index contributed by atoms with van der Waals surface area (Å²) in [5.41, 5.74) is 2.38. The van der Waals surface area contributed by atoms with Crippen molar-refractivity contribution < 1.29 is 23.9 Å². The predicted molar refractivity (Wildman–Crippen MR) is 128 cm³/mol. The van der Waals surface area contributed by atoms with Crippen LogP contribution in [0.5, 0.6) is 0 Å². The molecule has 2 heterocycles. The van der Waals surface area contributed by atoms with Crippen molar-refractivity contribution in [1.82, 2.24) is 10.2 Å². The lowest BCUT2D eigenvalue weighted by Crippen LogP contribution is -2.40. The number of rotatable bonds is 8. The zero-order chi connectivity index (χ0) is 23.8. The molecule has 0 radical (unpaired) electrons. The van der Waals surface area contributed by atoms with Crippen LogP contribution in [0.2, 0.25) is 0 Å². The van der Waals surface area contributed by atoms with Crippen molar-refractivity contribution in [3.8, 4) is 0 Å². The minimum absolute atomic E-state index is 0.0405. The number of carbonyl (C=O) groups is 3. The first-order chi connectivity index (χ1) is 16.6. The van der Waals surface area contributed by atoms with Gasteiger partial charge in [0.2, 0.25) is 5.91 Å². The number of nitrogens with zero attached hydrogens (tertiary/aromatic N) is 1. The van der Waals surface area contributed by atoms with Crippen molar-refractivity contribution in [1.29, 1.82) is 0 Å². The van der Waals surface area contributed by atoms with Gasteiger partial charge in [0.05, 0.1) is 25.9 Å². The molecule has 2 aromatic rings. The fourth-order valence-electron chi connectivity index (χ4n) is 3.92. The predicted octanol–water partition coefficient (Wildman–Crippen LogP) is 2.12. The van der Waals surface area contributed by atoms with E-state index in [1.54, 1.807) is 47.4 Å². The number of benzene rings is 2. The standard InChI is InChI=1S/C25H30N4O5/c30-23(17-26-21-4-1-3-19(15-21)25(32)29-10-13-33-14-11-29)28-20-8-6-18(7-9-20)24(31)27-16-22-5-2-12-34-22/h1,3-4,6-9,15,22,26H,2,5,10-14,16-17H2,(H,27,31)(H,28,30). The van der Waals surface area contributed by atoms with E-state index in [0.717, 1.165) is 19.4 Å². The highest BCUT2D eigenvalue weighted by molar-refractivity contribution is 5.97. The Morgan fingerprint density at radius 3 is 2.47 bits per heavy atom. The molecule has 0 spiro atoms. The SMILES string of the molecule is O=C(CNc1cccc(C(=O)N2CCOCC2)c1)Nc1ccc(C(=O)NCC2CCCO2)cc1. The highest BCUT2D eigenvalue weighted by Gasteiger charge is 2.19. The van der Waals surface area contributed by atoms with Crippen LogP contribution in [0.25, 0.3) is 0 Å². The summed E-state index contributed by atoms with van der Waals surface area (Å²) in [5, 5.41) is 8.73. The number of nitrogens with one attached hydrogen (secondary N) is 3. The van der Waals surface area contributed by atoms with Crippen LogP contribution < -0.4 is 16.0 Å². The summed E-state index contributed by atoms with van der Waals surface area (Å²) in [4.78, 5) is 39.0. The molecule has 2 aliphatic heterocycles. The van der Waals surface area contributed by atoms with Crippen LogP contribution in [0.15, 0.2) is 48.5 Å².